The van der Waals surface area contributed by atoms with Gasteiger partial charge < -0.3 is 78.4 Å². The number of phenols is 2. The van der Waals surface area contributed by atoms with E-state index < -0.39 is 138 Å². The second-order valence-electron chi connectivity index (χ2n) is 23.9. The Morgan fingerprint density at radius 2 is 1.42 bits per heavy atom. The summed E-state index contributed by atoms with van der Waals surface area (Å²) in [6.45, 7) is 3.41. The number of aliphatic hydroxyl groups is 1. The monoisotopic (exact) mass is 1170 g/mol. The third-order valence-electron chi connectivity index (χ3n) is 19.3. The van der Waals surface area contributed by atoms with Gasteiger partial charge in [0.25, 0.3) is 5.91 Å². The number of carbonyl (C=O) groups excluding carboxylic acids is 6. The van der Waals surface area contributed by atoms with Gasteiger partial charge in [0.15, 0.2) is 24.6 Å². The smallest absolute Gasteiger partial charge is 0.407 e. The number of carbonyl (C=O) groups is 6. The zero-order valence-corrected chi connectivity index (χ0v) is 47.1. The van der Waals surface area contributed by atoms with E-state index in [1.165, 1.54) is 32.4 Å². The highest BCUT2D eigenvalue weighted by atomic mass is 16.7. The van der Waals surface area contributed by atoms with Crippen LogP contribution >= 0.6 is 0 Å². The third kappa shape index (κ3) is 9.27. The first-order valence-corrected chi connectivity index (χ1v) is 29.3. The van der Waals surface area contributed by atoms with Gasteiger partial charge in [-0.1, -0.05) is 60.7 Å². The summed E-state index contributed by atoms with van der Waals surface area (Å²) in [5.41, 5.74) is 0.864. The minimum atomic E-state index is -2.30. The fourth-order valence-corrected chi connectivity index (χ4v) is 15.3. The van der Waals surface area contributed by atoms with Gasteiger partial charge in [-0.05, 0) is 48.1 Å². The minimum absolute atomic E-state index is 0.0571. The Labute approximate surface area is 488 Å². The van der Waals surface area contributed by atoms with Crippen molar-refractivity contribution in [1.82, 2.24) is 25.3 Å². The van der Waals surface area contributed by atoms with Gasteiger partial charge in [-0.3, -0.25) is 28.9 Å². The van der Waals surface area contributed by atoms with E-state index in [9.17, 15) is 39.3 Å². The third-order valence-corrected chi connectivity index (χ3v) is 19.3. The summed E-state index contributed by atoms with van der Waals surface area (Å²) in [4.78, 5) is 90.0. The van der Waals surface area contributed by atoms with E-state index in [0.717, 1.165) is 22.3 Å². The molecule has 1 unspecified atom stereocenters. The number of alkyl carbamates (subject to hydrolysis) is 1. The van der Waals surface area contributed by atoms with E-state index in [2.05, 4.69) is 39.8 Å². The summed E-state index contributed by atoms with van der Waals surface area (Å²) in [5.74, 6) is -4.22. The summed E-state index contributed by atoms with van der Waals surface area (Å²) in [6, 6.07) is 18.4. The van der Waals surface area contributed by atoms with Crippen LogP contribution in [0.5, 0.6) is 17.2 Å². The standard InChI is InChI=1S/C62H67N5O18/c1-29-55-41(65-19-20-79-59(78-3)58(65)85-55)21-46(83-29)84-43-23-62(76,22-37-48(43)54(73)50-49(52(37)71)51(70)36-13-8-14-42(77-2)47(36)53(50)72)60(74)67-25-30-15-16-31(67)24-66(30)45(69)18-17-44(68)63-39-27-80-57-40(28-81-56(39)57)64-61(75)82-26-38-34-11-6-4-9-32(34)33-10-5-7-12-35(33)38/h4-14,29-31,38-41,43,46,55-59,71,73,76H,15-28H2,1-3H3,(H,63,68)(H,64,75)/t29-,30?,31+,39-,40-,41-,43-,46-,55+,56+,57+,58+,59-,62-/m0/s1. The van der Waals surface area contributed by atoms with Crippen LogP contribution in [0.3, 0.4) is 0 Å². The summed E-state index contributed by atoms with van der Waals surface area (Å²) in [6.07, 6.45) is -6.07. The first kappa shape index (κ1) is 55.8. The molecule has 0 spiro atoms. The maximum atomic E-state index is 15.2. The van der Waals surface area contributed by atoms with Crippen molar-refractivity contribution in [3.05, 3.63) is 111 Å². The maximum absolute atomic E-state index is 15.2. The maximum Gasteiger partial charge on any atom is 0.407 e. The normalized spacial score (nSPS) is 32.3. The summed E-state index contributed by atoms with van der Waals surface area (Å²) >= 11 is 0. The van der Waals surface area contributed by atoms with Gasteiger partial charge in [-0.25, -0.2) is 4.79 Å². The molecule has 0 radical (unpaired) electrons. The first-order valence-electron chi connectivity index (χ1n) is 29.3. The molecule has 8 aliphatic heterocycles. The fraction of sp³-hybridized carbons (Fsp3) is 0.516. The number of ketones is 2. The quantitative estimate of drug-likeness (QED) is 0.112. The molecule has 4 amide bonds. The Bertz CT molecular complexity index is 3370. The molecule has 85 heavy (non-hydrogen) atoms. The number of ether oxygens (including phenoxy) is 9. The van der Waals surface area contributed by atoms with Crippen molar-refractivity contribution < 1.29 is 86.7 Å². The second kappa shape index (κ2) is 21.7. The van der Waals surface area contributed by atoms with Crippen LogP contribution in [0.15, 0.2) is 66.7 Å². The Balaban J connectivity index is 0.630. The number of aromatic hydroxyl groups is 2. The molecule has 14 atom stereocenters. The number of morpholine rings is 1. The van der Waals surface area contributed by atoms with Crippen molar-refractivity contribution in [3.8, 4) is 28.4 Å². The molecule has 5 N–H and O–H groups in total. The highest BCUT2D eigenvalue weighted by Crippen LogP contribution is 2.54. The van der Waals surface area contributed by atoms with Crippen LogP contribution in [0, 0.1) is 0 Å². The zero-order chi connectivity index (χ0) is 58.7. The van der Waals surface area contributed by atoms with E-state index in [1.54, 1.807) is 9.80 Å². The predicted octanol–water partition coefficient (Wildman–Crippen LogP) is 3.32. The molecular weight excluding hydrogens is 1100 g/mol. The molecule has 0 aromatic heterocycles. The number of benzene rings is 4. The number of methoxy groups -OCH3 is 2. The van der Waals surface area contributed by atoms with Crippen LogP contribution in [-0.4, -0.2) is 205 Å². The zero-order valence-electron chi connectivity index (χ0n) is 47.1. The van der Waals surface area contributed by atoms with Crippen LogP contribution in [0.25, 0.3) is 11.1 Å². The molecule has 8 fully saturated rings. The van der Waals surface area contributed by atoms with Crippen molar-refractivity contribution in [1.29, 1.82) is 0 Å². The molecule has 11 aliphatic rings. The Hall–Kier alpha value is -7.06. The number of piperazine rings is 1. The second-order valence-corrected chi connectivity index (χ2v) is 23.9. The highest BCUT2D eigenvalue weighted by Gasteiger charge is 2.57. The summed E-state index contributed by atoms with van der Waals surface area (Å²) in [7, 11) is 2.89. The molecule has 8 heterocycles. The van der Waals surface area contributed by atoms with E-state index in [0.29, 0.717) is 26.0 Å². The van der Waals surface area contributed by atoms with E-state index in [1.807, 2.05) is 31.2 Å². The Kier molecular flexibility index (Phi) is 14.3. The fourth-order valence-electron chi connectivity index (χ4n) is 15.3. The number of piperidine rings is 2. The van der Waals surface area contributed by atoms with Crippen molar-refractivity contribution in [3.63, 3.8) is 0 Å². The predicted molar refractivity (Wildman–Crippen MR) is 294 cm³/mol. The molecule has 15 rings (SSSR count). The lowest BCUT2D eigenvalue weighted by Crippen LogP contribution is -2.68. The number of phenolic OH excluding ortho intramolecular Hbond substituents is 2. The number of fused-ring (bicyclic) bond motifs is 13. The molecule has 4 aromatic rings. The Morgan fingerprint density at radius 3 is 2.12 bits per heavy atom. The lowest BCUT2D eigenvalue weighted by molar-refractivity contribution is -0.256. The largest absolute Gasteiger partial charge is 0.507 e. The van der Waals surface area contributed by atoms with Gasteiger partial charge >= 0.3 is 6.09 Å². The number of nitrogens with zero attached hydrogens (tertiary/aromatic N) is 3. The molecule has 23 heteroatoms. The van der Waals surface area contributed by atoms with Gasteiger partial charge in [0, 0.05) is 99.6 Å². The van der Waals surface area contributed by atoms with Crippen LogP contribution in [0.2, 0.25) is 0 Å². The average Bonchev–Trinajstić information content (AvgIpc) is 1.93. The van der Waals surface area contributed by atoms with Gasteiger partial charge in [0.1, 0.15) is 47.8 Å². The molecular formula is C62H67N5O18. The average molecular weight is 1170 g/mol. The van der Waals surface area contributed by atoms with Crippen LogP contribution in [0.1, 0.15) is 112 Å². The highest BCUT2D eigenvalue weighted by molar-refractivity contribution is 6.31. The number of rotatable bonds is 12. The van der Waals surface area contributed by atoms with Crippen LogP contribution in [0.4, 0.5) is 4.79 Å². The molecule has 4 aromatic carbocycles. The molecule has 448 valence electrons. The first-order chi connectivity index (χ1) is 41.1. The SMILES string of the molecule is COc1cccc2c1C(=O)c1c(O)c3c(c(O)c1C2=O)C[C@@](O)(C(=O)N1CC2CC[C@@H]1CN2C(=O)CCC(=O)N[C@H]1CO[C@H]2[C@@H]1OC[C@@H]2NC(=O)OCC1c2ccccc2-c2ccccc21)C[C@@H]3O[C@H]1C[C@H]2[C@H](O[C@@H]3[C@@H](OC)OCCN32)[C@H](C)O1. The number of amides is 4. The van der Waals surface area contributed by atoms with Crippen LogP contribution in [-0.2, 0) is 58.7 Å². The number of hydrogen-bond acceptors (Lipinski definition) is 19. The van der Waals surface area contributed by atoms with E-state index >= 15 is 4.79 Å². The van der Waals surface area contributed by atoms with Gasteiger partial charge in [0.05, 0.1) is 67.9 Å². The number of nitrogens with one attached hydrogen (secondary N) is 2. The van der Waals surface area contributed by atoms with Gasteiger partial charge in [-0.15, -0.1) is 0 Å². The van der Waals surface area contributed by atoms with Crippen LogP contribution < -0.4 is 15.4 Å². The molecule has 23 nitrogen and oxygen atoms in total. The van der Waals surface area contributed by atoms with Gasteiger partial charge in [0.2, 0.25) is 17.6 Å². The lowest BCUT2D eigenvalue weighted by atomic mass is 9.72. The minimum Gasteiger partial charge on any atom is -0.507 e. The summed E-state index contributed by atoms with van der Waals surface area (Å²) < 4.78 is 54.4. The van der Waals surface area contributed by atoms with Crippen molar-refractivity contribution in [2.45, 2.75) is 143 Å². The number of hydrogen-bond donors (Lipinski definition) is 5. The summed E-state index contributed by atoms with van der Waals surface area (Å²) in [5, 5.41) is 43.4. The van der Waals surface area contributed by atoms with Crippen molar-refractivity contribution in [2.75, 3.05) is 60.3 Å². The molecule has 8 saturated heterocycles. The lowest BCUT2D eigenvalue weighted by Gasteiger charge is -2.53. The Morgan fingerprint density at radius 1 is 0.753 bits per heavy atom. The molecule has 3 aliphatic carbocycles. The van der Waals surface area contributed by atoms with E-state index in [-0.39, 0.29) is 104 Å². The van der Waals surface area contributed by atoms with Gasteiger partial charge in [-0.2, -0.15) is 0 Å². The molecule has 2 bridgehead atoms. The van der Waals surface area contributed by atoms with Crippen molar-refractivity contribution >= 4 is 35.4 Å². The van der Waals surface area contributed by atoms with Crippen molar-refractivity contribution in [2.24, 2.45) is 0 Å². The topological polar surface area (TPSA) is 280 Å². The molecule has 0 saturated carbocycles. The van der Waals surface area contributed by atoms with E-state index in [4.69, 9.17) is 42.6 Å².